The molecule has 0 spiro atoms. The lowest BCUT2D eigenvalue weighted by molar-refractivity contribution is 0.0991. The van der Waals surface area contributed by atoms with E-state index in [1.54, 1.807) is 6.07 Å². The molecule has 4 nitrogen and oxygen atoms in total. The normalized spacial score (nSPS) is 11.6. The number of anilines is 1. The molecule has 0 unspecified atom stereocenters. The number of ketones is 1. The van der Waals surface area contributed by atoms with Crippen LogP contribution in [-0.2, 0) is 11.8 Å². The molecule has 27 heavy (non-hydrogen) atoms. The van der Waals surface area contributed by atoms with Gasteiger partial charge in [0, 0.05) is 16.7 Å². The molecule has 2 N–H and O–H groups in total. The van der Waals surface area contributed by atoms with E-state index in [4.69, 9.17) is 10.8 Å². The Bertz CT molecular complexity index is 976. The highest BCUT2D eigenvalue weighted by molar-refractivity contribution is 5.98. The molecule has 0 atom stereocenters. The fraction of sp³-hybridized carbons (Fsp3) is 0.304. The molecule has 2 aromatic carbocycles. The molecule has 0 bridgehead atoms. The number of Topliss-reactive ketones (excluding diaryl/α,β-unsaturated/α-hetero) is 1. The number of hydrogen-bond acceptors (Lipinski definition) is 3. The van der Waals surface area contributed by atoms with Crippen LogP contribution in [0.4, 0.5) is 5.69 Å². The lowest BCUT2D eigenvalue weighted by Crippen LogP contribution is -2.12. The van der Waals surface area contributed by atoms with Crippen molar-refractivity contribution in [3.63, 3.8) is 0 Å². The van der Waals surface area contributed by atoms with Gasteiger partial charge in [-0.3, -0.25) is 4.79 Å². The Kier molecular flexibility index (Phi) is 4.92. The molecule has 1 heterocycles. The van der Waals surface area contributed by atoms with E-state index in [1.807, 2.05) is 41.9 Å². The van der Waals surface area contributed by atoms with E-state index in [1.165, 1.54) is 5.56 Å². The smallest absolute Gasteiger partial charge is 0.168 e. The van der Waals surface area contributed by atoms with Gasteiger partial charge in [-0.25, -0.2) is 4.68 Å². The van der Waals surface area contributed by atoms with Gasteiger partial charge in [0.1, 0.15) is 0 Å². The molecule has 0 saturated carbocycles. The van der Waals surface area contributed by atoms with Crippen LogP contribution >= 0.6 is 0 Å². The number of rotatable bonds is 4. The maximum absolute atomic E-state index is 12.9. The molecule has 0 aliphatic heterocycles. The summed E-state index contributed by atoms with van der Waals surface area (Å²) in [5.74, 6) is 0.0374. The third kappa shape index (κ3) is 4.11. The lowest BCUT2D eigenvalue weighted by atomic mass is 9.92. The molecule has 0 aliphatic carbocycles. The van der Waals surface area contributed by atoms with Crippen molar-refractivity contribution in [2.24, 2.45) is 0 Å². The van der Waals surface area contributed by atoms with Gasteiger partial charge in [-0.15, -0.1) is 0 Å². The van der Waals surface area contributed by atoms with Gasteiger partial charge < -0.3 is 5.73 Å². The molecule has 1 aromatic heterocycles. The summed E-state index contributed by atoms with van der Waals surface area (Å²) >= 11 is 0. The first kappa shape index (κ1) is 18.9. The monoisotopic (exact) mass is 361 g/mol. The van der Waals surface area contributed by atoms with Crippen LogP contribution in [-0.4, -0.2) is 15.6 Å². The van der Waals surface area contributed by atoms with Crippen LogP contribution in [0.3, 0.4) is 0 Å². The summed E-state index contributed by atoms with van der Waals surface area (Å²) in [6.07, 6.45) is 0.277. The average molecular weight is 361 g/mol. The second-order valence-electron chi connectivity index (χ2n) is 8.19. The summed E-state index contributed by atoms with van der Waals surface area (Å²) in [5.41, 5.74) is 12.1. The van der Waals surface area contributed by atoms with Crippen molar-refractivity contribution in [3.8, 4) is 5.69 Å². The maximum Gasteiger partial charge on any atom is 0.168 e. The number of aryl methyl sites for hydroxylation is 2. The van der Waals surface area contributed by atoms with E-state index in [9.17, 15) is 4.79 Å². The summed E-state index contributed by atoms with van der Waals surface area (Å²) in [4.78, 5) is 12.9. The predicted molar refractivity (Wildman–Crippen MR) is 111 cm³/mol. The topological polar surface area (TPSA) is 60.9 Å². The van der Waals surface area contributed by atoms with Crippen LogP contribution in [0.1, 0.15) is 53.6 Å². The van der Waals surface area contributed by atoms with Crippen molar-refractivity contribution in [1.29, 1.82) is 0 Å². The van der Waals surface area contributed by atoms with E-state index in [0.29, 0.717) is 11.3 Å². The van der Waals surface area contributed by atoms with E-state index in [-0.39, 0.29) is 17.6 Å². The summed E-state index contributed by atoms with van der Waals surface area (Å²) < 4.78 is 1.88. The van der Waals surface area contributed by atoms with Gasteiger partial charge in [0.25, 0.3) is 0 Å². The summed E-state index contributed by atoms with van der Waals surface area (Å²) in [6.45, 7) is 10.4. The minimum absolute atomic E-state index is 0.0374. The third-order valence-electron chi connectivity index (χ3n) is 4.77. The molecule has 0 saturated heterocycles. The molecule has 4 heteroatoms. The second-order valence-corrected chi connectivity index (χ2v) is 8.19. The number of carbonyl (C=O) groups is 1. The zero-order valence-corrected chi connectivity index (χ0v) is 16.7. The Labute approximate surface area is 161 Å². The molecule has 0 amide bonds. The molecule has 3 aromatic rings. The standard InChI is InChI=1S/C23H27N3O/c1-15-6-10-18(11-7-15)26-19(14-22(25-26)23(3,4)5)13-21(27)17-9-8-16(2)20(24)12-17/h6-12,14H,13,24H2,1-5H3. The van der Waals surface area contributed by atoms with Crippen molar-refractivity contribution in [2.45, 2.75) is 46.5 Å². The first-order valence-electron chi connectivity index (χ1n) is 9.21. The number of aromatic nitrogens is 2. The van der Waals surface area contributed by atoms with E-state index in [2.05, 4.69) is 39.8 Å². The van der Waals surface area contributed by atoms with Gasteiger partial charge >= 0.3 is 0 Å². The van der Waals surface area contributed by atoms with Gasteiger partial charge in [0.15, 0.2) is 5.78 Å². The molecule has 0 fully saturated rings. The van der Waals surface area contributed by atoms with Gasteiger partial charge in [-0.05, 0) is 43.7 Å². The number of nitrogens with zero attached hydrogens (tertiary/aromatic N) is 2. The summed E-state index contributed by atoms with van der Waals surface area (Å²) in [5, 5.41) is 4.80. The van der Waals surface area contributed by atoms with Crippen molar-refractivity contribution in [1.82, 2.24) is 9.78 Å². The SMILES string of the molecule is Cc1ccc(-n2nc(C(C)(C)C)cc2CC(=O)c2ccc(C)c(N)c2)cc1. The highest BCUT2D eigenvalue weighted by atomic mass is 16.1. The largest absolute Gasteiger partial charge is 0.398 e. The van der Waals surface area contributed by atoms with Crippen LogP contribution in [0.2, 0.25) is 0 Å². The fourth-order valence-corrected chi connectivity index (χ4v) is 2.90. The first-order chi connectivity index (χ1) is 12.6. The van der Waals surface area contributed by atoms with E-state index < -0.39 is 0 Å². The van der Waals surface area contributed by atoms with Crippen molar-refractivity contribution < 1.29 is 4.79 Å². The molecule has 140 valence electrons. The Morgan fingerprint density at radius 1 is 1.04 bits per heavy atom. The Balaban J connectivity index is 2.00. The zero-order valence-electron chi connectivity index (χ0n) is 16.7. The Hall–Kier alpha value is -2.88. The number of carbonyl (C=O) groups excluding carboxylic acids is 1. The van der Waals surface area contributed by atoms with Crippen molar-refractivity contribution in [2.75, 3.05) is 5.73 Å². The predicted octanol–water partition coefficient (Wildman–Crippen LogP) is 4.79. The fourth-order valence-electron chi connectivity index (χ4n) is 2.90. The van der Waals surface area contributed by atoms with E-state index >= 15 is 0 Å². The van der Waals surface area contributed by atoms with Gasteiger partial charge in [-0.1, -0.05) is 50.6 Å². The maximum atomic E-state index is 12.9. The quantitative estimate of drug-likeness (QED) is 0.537. The highest BCUT2D eigenvalue weighted by Gasteiger charge is 2.22. The number of benzene rings is 2. The van der Waals surface area contributed by atoms with Gasteiger partial charge in [-0.2, -0.15) is 5.10 Å². The summed E-state index contributed by atoms with van der Waals surface area (Å²) in [6, 6.07) is 15.7. The molecular formula is C23H27N3O. The lowest BCUT2D eigenvalue weighted by Gasteiger charge is -2.14. The third-order valence-corrected chi connectivity index (χ3v) is 4.77. The average Bonchev–Trinajstić information content (AvgIpc) is 3.02. The number of hydrogen-bond donors (Lipinski definition) is 1. The Morgan fingerprint density at radius 3 is 2.30 bits per heavy atom. The van der Waals surface area contributed by atoms with Crippen LogP contribution < -0.4 is 5.73 Å². The minimum Gasteiger partial charge on any atom is -0.398 e. The van der Waals surface area contributed by atoms with Crippen molar-refractivity contribution >= 4 is 11.5 Å². The van der Waals surface area contributed by atoms with Gasteiger partial charge in [0.2, 0.25) is 0 Å². The molecule has 3 rings (SSSR count). The second kappa shape index (κ2) is 7.03. The minimum atomic E-state index is -0.0952. The zero-order chi connectivity index (χ0) is 19.8. The van der Waals surface area contributed by atoms with Crippen molar-refractivity contribution in [3.05, 3.63) is 76.6 Å². The number of nitrogens with two attached hydrogens (primary N) is 1. The van der Waals surface area contributed by atoms with E-state index in [0.717, 1.165) is 22.6 Å². The van der Waals surface area contributed by atoms with Crippen LogP contribution in [0.15, 0.2) is 48.5 Å². The van der Waals surface area contributed by atoms with Gasteiger partial charge in [0.05, 0.1) is 23.5 Å². The van der Waals surface area contributed by atoms with Crippen LogP contribution in [0, 0.1) is 13.8 Å². The van der Waals surface area contributed by atoms with Crippen LogP contribution in [0.5, 0.6) is 0 Å². The molecule has 0 aliphatic rings. The summed E-state index contributed by atoms with van der Waals surface area (Å²) in [7, 11) is 0. The number of nitrogen functional groups attached to an aromatic ring is 1. The molecular weight excluding hydrogens is 334 g/mol. The van der Waals surface area contributed by atoms with Crippen LogP contribution in [0.25, 0.3) is 5.69 Å². The molecule has 0 radical (unpaired) electrons. The highest BCUT2D eigenvalue weighted by Crippen LogP contribution is 2.25. The first-order valence-corrected chi connectivity index (χ1v) is 9.21. The Morgan fingerprint density at radius 2 is 1.70 bits per heavy atom.